The van der Waals surface area contributed by atoms with Crippen molar-refractivity contribution in [3.05, 3.63) is 53.6 Å². The maximum absolute atomic E-state index is 12.5. The minimum Gasteiger partial charge on any atom is -0.383 e. The van der Waals surface area contributed by atoms with Crippen LogP contribution in [-0.2, 0) is 16.4 Å². The summed E-state index contributed by atoms with van der Waals surface area (Å²) in [5, 5.41) is 0.812. The van der Waals surface area contributed by atoms with E-state index >= 15 is 0 Å². The molecule has 0 radical (unpaired) electrons. The standard InChI is InChI=1S/C18H18N4O2S/c1-12-6-7-15-14(10-12)17(19)21-18(20-15)22-8-9-25(23,24)16-5-3-2-4-13(16)11-22/h2-7,10H,8-9,11H2,1H3,(H2,19,20,21). The first kappa shape index (κ1) is 15.8. The molecule has 0 saturated carbocycles. The number of hydrogen-bond donors (Lipinski definition) is 1. The monoisotopic (exact) mass is 354 g/mol. The van der Waals surface area contributed by atoms with Gasteiger partial charge in [-0.15, -0.1) is 0 Å². The van der Waals surface area contributed by atoms with Crippen molar-refractivity contribution in [2.75, 3.05) is 22.9 Å². The molecule has 2 heterocycles. The van der Waals surface area contributed by atoms with Gasteiger partial charge in [0.1, 0.15) is 5.82 Å². The van der Waals surface area contributed by atoms with Gasteiger partial charge in [0.25, 0.3) is 0 Å². The molecule has 0 spiro atoms. The molecule has 0 fully saturated rings. The fourth-order valence-electron chi connectivity index (χ4n) is 3.13. The van der Waals surface area contributed by atoms with Crippen molar-refractivity contribution < 1.29 is 8.42 Å². The van der Waals surface area contributed by atoms with Crippen LogP contribution >= 0.6 is 0 Å². The maximum Gasteiger partial charge on any atom is 0.228 e. The highest BCUT2D eigenvalue weighted by Gasteiger charge is 2.26. The zero-order chi connectivity index (χ0) is 17.6. The van der Waals surface area contributed by atoms with E-state index in [-0.39, 0.29) is 5.75 Å². The van der Waals surface area contributed by atoms with Crippen LogP contribution in [0.4, 0.5) is 11.8 Å². The fourth-order valence-corrected chi connectivity index (χ4v) is 4.63. The summed E-state index contributed by atoms with van der Waals surface area (Å²) in [5.74, 6) is 0.893. The topological polar surface area (TPSA) is 89.2 Å². The first-order chi connectivity index (χ1) is 11.9. The lowest BCUT2D eigenvalue weighted by atomic mass is 10.1. The van der Waals surface area contributed by atoms with Crippen molar-refractivity contribution in [1.82, 2.24) is 9.97 Å². The average Bonchev–Trinajstić information content (AvgIpc) is 2.72. The molecule has 0 saturated heterocycles. The molecule has 1 aromatic heterocycles. The van der Waals surface area contributed by atoms with Crippen molar-refractivity contribution in [2.45, 2.75) is 18.4 Å². The van der Waals surface area contributed by atoms with E-state index in [1.165, 1.54) is 0 Å². The molecule has 6 nitrogen and oxygen atoms in total. The normalized spacial score (nSPS) is 16.4. The molecular weight excluding hydrogens is 336 g/mol. The van der Waals surface area contributed by atoms with Crippen molar-refractivity contribution in [1.29, 1.82) is 0 Å². The summed E-state index contributed by atoms with van der Waals surface area (Å²) >= 11 is 0. The highest BCUT2D eigenvalue weighted by atomic mass is 32.2. The van der Waals surface area contributed by atoms with Gasteiger partial charge in [-0.2, -0.15) is 4.98 Å². The van der Waals surface area contributed by atoms with Crippen molar-refractivity contribution >= 4 is 32.5 Å². The van der Waals surface area contributed by atoms with E-state index in [1.807, 2.05) is 42.2 Å². The summed E-state index contributed by atoms with van der Waals surface area (Å²) in [4.78, 5) is 11.3. The Morgan fingerprint density at radius 2 is 1.92 bits per heavy atom. The number of benzene rings is 2. The second kappa shape index (κ2) is 5.70. The van der Waals surface area contributed by atoms with Gasteiger partial charge in [-0.1, -0.05) is 29.8 Å². The Morgan fingerprint density at radius 3 is 2.76 bits per heavy atom. The van der Waals surface area contributed by atoms with E-state index in [4.69, 9.17) is 5.73 Å². The second-order valence-electron chi connectivity index (χ2n) is 6.28. The molecule has 0 unspecified atom stereocenters. The molecule has 2 aromatic carbocycles. The number of aromatic nitrogens is 2. The number of nitrogen functional groups attached to an aromatic ring is 1. The van der Waals surface area contributed by atoms with Crippen LogP contribution < -0.4 is 10.6 Å². The predicted molar refractivity (Wildman–Crippen MR) is 98.2 cm³/mol. The lowest BCUT2D eigenvalue weighted by molar-refractivity contribution is 0.596. The Bertz CT molecular complexity index is 1080. The Hall–Kier alpha value is -2.67. The van der Waals surface area contributed by atoms with Gasteiger partial charge in [0.2, 0.25) is 5.95 Å². The molecule has 0 amide bonds. The van der Waals surface area contributed by atoms with Gasteiger partial charge in [0.05, 0.1) is 16.2 Å². The number of fused-ring (bicyclic) bond motifs is 2. The maximum atomic E-state index is 12.5. The molecule has 1 aliphatic heterocycles. The second-order valence-corrected chi connectivity index (χ2v) is 8.36. The van der Waals surface area contributed by atoms with Gasteiger partial charge < -0.3 is 10.6 Å². The van der Waals surface area contributed by atoms with E-state index in [0.29, 0.717) is 29.8 Å². The van der Waals surface area contributed by atoms with E-state index in [2.05, 4.69) is 9.97 Å². The lowest BCUT2D eigenvalue weighted by Gasteiger charge is -2.21. The van der Waals surface area contributed by atoms with Crippen molar-refractivity contribution in [2.24, 2.45) is 0 Å². The van der Waals surface area contributed by atoms with Gasteiger partial charge in [0.15, 0.2) is 9.84 Å². The molecular formula is C18H18N4O2S. The van der Waals surface area contributed by atoms with Crippen LogP contribution in [0.15, 0.2) is 47.4 Å². The largest absolute Gasteiger partial charge is 0.383 e. The highest BCUT2D eigenvalue weighted by molar-refractivity contribution is 7.91. The van der Waals surface area contributed by atoms with Gasteiger partial charge >= 0.3 is 0 Å². The molecule has 2 N–H and O–H groups in total. The van der Waals surface area contributed by atoms with Crippen LogP contribution in [0.3, 0.4) is 0 Å². The summed E-state index contributed by atoms with van der Waals surface area (Å²) in [7, 11) is -3.31. The first-order valence-corrected chi connectivity index (χ1v) is 9.69. The van der Waals surface area contributed by atoms with E-state index in [1.54, 1.807) is 12.1 Å². The van der Waals surface area contributed by atoms with E-state index < -0.39 is 9.84 Å². The molecule has 4 rings (SSSR count). The van der Waals surface area contributed by atoms with Crippen molar-refractivity contribution in [3.8, 4) is 0 Å². The summed E-state index contributed by atoms with van der Waals surface area (Å²) in [6.07, 6.45) is 0. The molecule has 7 heteroatoms. The van der Waals surface area contributed by atoms with Crippen molar-refractivity contribution in [3.63, 3.8) is 0 Å². The summed E-state index contributed by atoms with van der Waals surface area (Å²) < 4.78 is 25.0. The molecule has 1 aliphatic rings. The third-order valence-corrected chi connectivity index (χ3v) is 6.24. The third-order valence-electron chi connectivity index (χ3n) is 4.45. The SMILES string of the molecule is Cc1ccc2nc(N3CCS(=O)(=O)c4ccccc4C3)nc(N)c2c1. The molecule has 0 atom stereocenters. The number of sulfone groups is 1. The van der Waals surface area contributed by atoms with E-state index in [0.717, 1.165) is 22.0 Å². The molecule has 128 valence electrons. The summed E-state index contributed by atoms with van der Waals surface area (Å²) in [6.45, 7) is 2.75. The minimum atomic E-state index is -3.31. The minimum absolute atomic E-state index is 0.0270. The number of aryl methyl sites for hydroxylation is 1. The van der Waals surface area contributed by atoms with E-state index in [9.17, 15) is 8.42 Å². The number of hydrogen-bond acceptors (Lipinski definition) is 6. The Kier molecular flexibility index (Phi) is 3.61. The molecule has 3 aromatic rings. The van der Waals surface area contributed by atoms with Crippen LogP contribution in [0.2, 0.25) is 0 Å². The van der Waals surface area contributed by atoms with Gasteiger partial charge in [-0.3, -0.25) is 0 Å². The quantitative estimate of drug-likeness (QED) is 0.721. The highest BCUT2D eigenvalue weighted by Crippen LogP contribution is 2.27. The first-order valence-electron chi connectivity index (χ1n) is 8.03. The van der Waals surface area contributed by atoms with Crippen LogP contribution in [0, 0.1) is 6.92 Å². The van der Waals surface area contributed by atoms with Crippen LogP contribution in [0.25, 0.3) is 10.9 Å². The van der Waals surface area contributed by atoms with Crippen LogP contribution in [0.1, 0.15) is 11.1 Å². The zero-order valence-corrected chi connectivity index (χ0v) is 14.6. The molecule has 0 bridgehead atoms. The predicted octanol–water partition coefficient (Wildman–Crippen LogP) is 2.31. The zero-order valence-electron chi connectivity index (χ0n) is 13.8. The van der Waals surface area contributed by atoms with Crippen LogP contribution in [0.5, 0.6) is 0 Å². The number of anilines is 2. The number of nitrogens with zero attached hydrogens (tertiary/aromatic N) is 3. The van der Waals surface area contributed by atoms with Gasteiger partial charge in [-0.05, 0) is 30.7 Å². The smallest absolute Gasteiger partial charge is 0.228 e. The average molecular weight is 354 g/mol. The number of nitrogens with two attached hydrogens (primary N) is 1. The van der Waals surface area contributed by atoms with Gasteiger partial charge in [0, 0.05) is 18.5 Å². The third kappa shape index (κ3) is 2.80. The molecule has 0 aliphatic carbocycles. The Balaban J connectivity index is 1.81. The Morgan fingerprint density at radius 1 is 1.12 bits per heavy atom. The van der Waals surface area contributed by atoms with Gasteiger partial charge in [-0.25, -0.2) is 13.4 Å². The number of rotatable bonds is 1. The summed E-state index contributed by atoms with van der Waals surface area (Å²) in [6, 6.07) is 12.9. The summed E-state index contributed by atoms with van der Waals surface area (Å²) in [5.41, 5.74) is 8.73. The van der Waals surface area contributed by atoms with Crippen LogP contribution in [-0.4, -0.2) is 30.7 Å². The Labute approximate surface area is 146 Å². The molecule has 25 heavy (non-hydrogen) atoms. The fraction of sp³-hybridized carbons (Fsp3) is 0.222. The lowest BCUT2D eigenvalue weighted by Crippen LogP contribution is -2.27.